The highest BCUT2D eigenvalue weighted by molar-refractivity contribution is 8.23. The number of hydrogen-bond donors (Lipinski definition) is 1. The molecule has 2 rings (SSSR count). The molecular weight excluding hydrogens is 444 g/mol. The third kappa shape index (κ3) is 6.51. The molecule has 8 nitrogen and oxygen atoms in total. The van der Waals surface area contributed by atoms with Crippen molar-refractivity contribution in [3.8, 4) is 0 Å². The highest BCUT2D eigenvalue weighted by Crippen LogP contribution is 2.17. The average molecular weight is 467 g/mol. The molecule has 0 aliphatic rings. The smallest absolute Gasteiger partial charge is 0.276 e. The van der Waals surface area contributed by atoms with Crippen LogP contribution in [0.15, 0.2) is 64.6 Å². The molecule has 0 bridgehead atoms. The number of benzene rings is 2. The predicted octanol–water partition coefficient (Wildman–Crippen LogP) is 3.64. The molecule has 1 N–H and O–H groups in total. The molecule has 0 atom stereocenters. The van der Waals surface area contributed by atoms with Gasteiger partial charge >= 0.3 is 0 Å². The summed E-state index contributed by atoms with van der Waals surface area (Å²) < 4.78 is 25.8. The van der Waals surface area contributed by atoms with Crippen molar-refractivity contribution in [1.29, 1.82) is 0 Å². The van der Waals surface area contributed by atoms with Crippen molar-refractivity contribution >= 4 is 49.7 Å². The number of nitrogens with one attached hydrogen (secondary N) is 1. The van der Waals surface area contributed by atoms with Gasteiger partial charge in [0.1, 0.15) is 4.32 Å². The second kappa shape index (κ2) is 11.0. The Balaban J connectivity index is 2.23. The van der Waals surface area contributed by atoms with Crippen molar-refractivity contribution in [2.75, 3.05) is 18.8 Å². The van der Waals surface area contributed by atoms with Crippen molar-refractivity contribution < 1.29 is 13.3 Å². The van der Waals surface area contributed by atoms with Crippen LogP contribution in [0.1, 0.15) is 19.4 Å². The molecule has 0 amide bonds. The van der Waals surface area contributed by atoms with Gasteiger partial charge in [-0.25, -0.2) is 0 Å². The normalized spacial score (nSPS) is 11.7. The summed E-state index contributed by atoms with van der Waals surface area (Å²) in [4.78, 5) is 14.3. The van der Waals surface area contributed by atoms with E-state index in [-0.39, 0.29) is 10.6 Å². The van der Waals surface area contributed by atoms with E-state index in [1.807, 2.05) is 49.1 Å². The maximum absolute atomic E-state index is 12.6. The average Bonchev–Trinajstić information content (AvgIpc) is 2.75. The lowest BCUT2D eigenvalue weighted by atomic mass is 10.1. The number of thioether (sulfide) groups is 1. The zero-order valence-electron chi connectivity index (χ0n) is 16.5. The minimum Gasteiger partial charge on any atom is -0.358 e. The first kappa shape index (κ1) is 23.8. The number of sulfonamides is 1. The topological polar surface area (TPSA) is 105 Å². The van der Waals surface area contributed by atoms with Gasteiger partial charge in [0.2, 0.25) is 0 Å². The van der Waals surface area contributed by atoms with Crippen LogP contribution in [0.4, 0.5) is 5.69 Å². The Morgan fingerprint density at radius 3 is 2.27 bits per heavy atom. The van der Waals surface area contributed by atoms with Crippen molar-refractivity contribution in [1.82, 2.24) is 9.73 Å². The van der Waals surface area contributed by atoms with Gasteiger partial charge in [-0.2, -0.15) is 18.4 Å². The molecular formula is C19H22N4O4S3. The van der Waals surface area contributed by atoms with Gasteiger partial charge in [-0.15, -0.1) is 0 Å². The number of nitro groups is 1. The zero-order chi connectivity index (χ0) is 22.1. The molecule has 30 heavy (non-hydrogen) atoms. The van der Waals surface area contributed by atoms with Crippen molar-refractivity contribution in [2.24, 2.45) is 5.10 Å². The SMILES string of the molecule is CCN(CC)C(=S)SCC(=NNS(=O)(=O)c1ccc([N+](=O)[O-])cc1)c1ccccc1. The molecule has 160 valence electrons. The highest BCUT2D eigenvalue weighted by Gasteiger charge is 2.16. The van der Waals surface area contributed by atoms with Gasteiger partial charge < -0.3 is 4.90 Å². The van der Waals surface area contributed by atoms with Crippen molar-refractivity contribution in [3.05, 3.63) is 70.3 Å². The van der Waals surface area contributed by atoms with Crippen LogP contribution in [0.3, 0.4) is 0 Å². The van der Waals surface area contributed by atoms with Crippen LogP contribution in [-0.4, -0.2) is 47.1 Å². The standard InChI is InChI=1S/C19H22N4O4S3/c1-3-22(4-2)19(28)29-14-18(15-8-6-5-7-9-15)20-21-30(26,27)17-12-10-16(11-13-17)23(24)25/h5-13,21H,3-4,14H2,1-2H3. The second-order valence-electron chi connectivity index (χ2n) is 6.00. The van der Waals surface area contributed by atoms with Crippen LogP contribution in [0.25, 0.3) is 0 Å². The molecule has 0 aromatic heterocycles. The number of nitro benzene ring substituents is 1. The quantitative estimate of drug-likeness (QED) is 0.260. The van der Waals surface area contributed by atoms with E-state index in [1.54, 1.807) is 0 Å². The molecule has 0 radical (unpaired) electrons. The van der Waals surface area contributed by atoms with E-state index in [0.29, 0.717) is 15.8 Å². The summed E-state index contributed by atoms with van der Waals surface area (Å²) >= 11 is 6.85. The summed E-state index contributed by atoms with van der Waals surface area (Å²) in [5, 5.41) is 14.9. The number of thiocarbonyl (C=S) groups is 1. The van der Waals surface area contributed by atoms with E-state index in [1.165, 1.54) is 23.9 Å². The summed E-state index contributed by atoms with van der Waals surface area (Å²) in [5.74, 6) is 0.377. The highest BCUT2D eigenvalue weighted by atomic mass is 32.2. The lowest BCUT2D eigenvalue weighted by Gasteiger charge is -2.21. The number of non-ortho nitro benzene ring substituents is 1. The maximum atomic E-state index is 12.6. The van der Waals surface area contributed by atoms with Gasteiger partial charge in [0.25, 0.3) is 15.7 Å². The van der Waals surface area contributed by atoms with E-state index >= 15 is 0 Å². The third-order valence-corrected chi connectivity index (χ3v) is 6.88. The first-order chi connectivity index (χ1) is 14.3. The maximum Gasteiger partial charge on any atom is 0.276 e. The van der Waals surface area contributed by atoms with Crippen LogP contribution in [0.5, 0.6) is 0 Å². The summed E-state index contributed by atoms with van der Waals surface area (Å²) in [7, 11) is -3.98. The number of rotatable bonds is 9. The summed E-state index contributed by atoms with van der Waals surface area (Å²) in [6.45, 7) is 5.60. The summed E-state index contributed by atoms with van der Waals surface area (Å²) in [6.07, 6.45) is 0. The third-order valence-electron chi connectivity index (χ3n) is 4.12. The van der Waals surface area contributed by atoms with Gasteiger partial charge in [0.15, 0.2) is 0 Å². The van der Waals surface area contributed by atoms with Crippen LogP contribution >= 0.6 is 24.0 Å². The van der Waals surface area contributed by atoms with Gasteiger partial charge in [-0.1, -0.05) is 54.3 Å². The van der Waals surface area contributed by atoms with E-state index in [2.05, 4.69) is 9.93 Å². The van der Waals surface area contributed by atoms with Gasteiger partial charge in [0, 0.05) is 31.0 Å². The Morgan fingerprint density at radius 1 is 1.13 bits per heavy atom. The first-order valence-electron chi connectivity index (χ1n) is 9.08. The molecule has 0 unspecified atom stereocenters. The molecule has 0 saturated carbocycles. The fourth-order valence-corrected chi connectivity index (χ4v) is 4.63. The lowest BCUT2D eigenvalue weighted by molar-refractivity contribution is -0.384. The van der Waals surface area contributed by atoms with Gasteiger partial charge in [-0.05, 0) is 31.5 Å². The molecule has 0 aliphatic heterocycles. The van der Waals surface area contributed by atoms with Crippen molar-refractivity contribution in [3.63, 3.8) is 0 Å². The zero-order valence-corrected chi connectivity index (χ0v) is 19.0. The van der Waals surface area contributed by atoms with Crippen LogP contribution < -0.4 is 4.83 Å². The summed E-state index contributed by atoms with van der Waals surface area (Å²) in [5.41, 5.74) is 1.09. The Morgan fingerprint density at radius 2 is 1.73 bits per heavy atom. The predicted molar refractivity (Wildman–Crippen MR) is 124 cm³/mol. The van der Waals surface area contributed by atoms with Gasteiger partial charge in [-0.3, -0.25) is 10.1 Å². The van der Waals surface area contributed by atoms with E-state index in [4.69, 9.17) is 12.2 Å². The van der Waals surface area contributed by atoms with E-state index in [0.717, 1.165) is 30.8 Å². The fraction of sp³-hybridized carbons (Fsp3) is 0.263. The largest absolute Gasteiger partial charge is 0.358 e. The lowest BCUT2D eigenvalue weighted by Crippen LogP contribution is -2.28. The molecule has 0 fully saturated rings. The fourth-order valence-electron chi connectivity index (χ4n) is 2.43. The van der Waals surface area contributed by atoms with Crippen LogP contribution in [-0.2, 0) is 10.0 Å². The molecule has 0 heterocycles. The monoisotopic (exact) mass is 466 g/mol. The molecule has 0 spiro atoms. The number of nitrogens with zero attached hydrogens (tertiary/aromatic N) is 3. The van der Waals surface area contributed by atoms with Crippen LogP contribution in [0, 0.1) is 10.1 Å². The Kier molecular flexibility index (Phi) is 8.75. The number of hydrazone groups is 1. The van der Waals surface area contributed by atoms with Crippen LogP contribution in [0.2, 0.25) is 0 Å². The second-order valence-corrected chi connectivity index (χ2v) is 9.27. The molecule has 2 aromatic rings. The van der Waals surface area contributed by atoms with E-state index in [9.17, 15) is 18.5 Å². The van der Waals surface area contributed by atoms with Gasteiger partial charge in [0.05, 0.1) is 15.5 Å². The minimum atomic E-state index is -3.98. The molecule has 2 aromatic carbocycles. The van der Waals surface area contributed by atoms with E-state index < -0.39 is 14.9 Å². The van der Waals surface area contributed by atoms with Crippen molar-refractivity contribution in [2.45, 2.75) is 18.7 Å². The first-order valence-corrected chi connectivity index (χ1v) is 12.0. The minimum absolute atomic E-state index is 0.115. The number of hydrogen-bond acceptors (Lipinski definition) is 7. The Bertz CT molecular complexity index is 1010. The molecule has 11 heteroatoms. The molecule has 0 aliphatic carbocycles. The Labute approximate surface area is 185 Å². The Hall–Kier alpha value is -2.50. The summed E-state index contributed by atoms with van der Waals surface area (Å²) in [6, 6.07) is 13.8. The molecule has 0 saturated heterocycles.